The minimum absolute atomic E-state index is 0.0773. The number of nitrogens with zero attached hydrogens (tertiary/aromatic N) is 2. The molecule has 3 aliphatic heterocycles. The average molecular weight is 488 g/mol. The molecule has 10 nitrogen and oxygen atoms in total. The summed E-state index contributed by atoms with van der Waals surface area (Å²) in [6.45, 7) is 6.91. The molecule has 7 unspecified atom stereocenters. The molecular formula is C22H45N7O3S. The number of likely N-dealkylation sites (tertiary alicyclic amines) is 1. The molecule has 3 saturated heterocycles. The standard InChI is InChI=1S/C22H45N7O3S/c1-15-7-9-29(14-15)17-6-8-24-20(10-17)25-13-18(11-23)33(30,31)27-21-19(32-3)5-4-16-12-26-28(2)22(16)21/h15-22,24-27H,4-14,23H2,1-3H3/t15-,16?,17?,18?,19?,20?,21?,22?/m0/s1. The molecule has 1 aliphatic carbocycles. The zero-order valence-corrected chi connectivity index (χ0v) is 21.3. The van der Waals surface area contributed by atoms with Crippen LogP contribution in [0.4, 0.5) is 0 Å². The van der Waals surface area contributed by atoms with Gasteiger partial charge >= 0.3 is 0 Å². The van der Waals surface area contributed by atoms with E-state index in [-0.39, 0.29) is 30.9 Å². The van der Waals surface area contributed by atoms with Crippen molar-refractivity contribution in [3.8, 4) is 0 Å². The van der Waals surface area contributed by atoms with Crippen molar-refractivity contribution >= 4 is 10.0 Å². The zero-order valence-electron chi connectivity index (χ0n) is 20.5. The second-order valence-electron chi connectivity index (χ2n) is 10.6. The van der Waals surface area contributed by atoms with Crippen molar-refractivity contribution in [1.82, 2.24) is 30.7 Å². The van der Waals surface area contributed by atoms with Crippen molar-refractivity contribution < 1.29 is 13.2 Å². The second kappa shape index (κ2) is 11.1. The van der Waals surface area contributed by atoms with Crippen LogP contribution in [0.5, 0.6) is 0 Å². The third-order valence-corrected chi connectivity index (χ3v) is 10.2. The first-order valence-electron chi connectivity index (χ1n) is 12.7. The maximum absolute atomic E-state index is 13.4. The first-order valence-corrected chi connectivity index (χ1v) is 14.3. The lowest BCUT2D eigenvalue weighted by Crippen LogP contribution is -2.62. The molecule has 0 aromatic carbocycles. The molecule has 4 fully saturated rings. The third kappa shape index (κ3) is 5.90. The molecule has 33 heavy (non-hydrogen) atoms. The van der Waals surface area contributed by atoms with Gasteiger partial charge in [0, 0.05) is 52.4 Å². The van der Waals surface area contributed by atoms with Crippen LogP contribution in [0.25, 0.3) is 0 Å². The van der Waals surface area contributed by atoms with Crippen LogP contribution < -0.4 is 26.5 Å². The summed E-state index contributed by atoms with van der Waals surface area (Å²) in [4.78, 5) is 2.61. The van der Waals surface area contributed by atoms with Gasteiger partial charge in [0.05, 0.1) is 18.3 Å². The van der Waals surface area contributed by atoms with Gasteiger partial charge < -0.3 is 21.1 Å². The van der Waals surface area contributed by atoms with Gasteiger partial charge in [-0.1, -0.05) is 6.92 Å². The molecule has 1 saturated carbocycles. The van der Waals surface area contributed by atoms with Gasteiger partial charge in [0.1, 0.15) is 5.25 Å². The van der Waals surface area contributed by atoms with E-state index < -0.39 is 15.3 Å². The zero-order chi connectivity index (χ0) is 23.6. The van der Waals surface area contributed by atoms with Crippen LogP contribution in [-0.2, 0) is 14.8 Å². The smallest absolute Gasteiger partial charge is 0.217 e. The number of hydrazine groups is 1. The maximum atomic E-state index is 13.4. The number of nitrogens with one attached hydrogen (secondary N) is 4. The summed E-state index contributed by atoms with van der Waals surface area (Å²) in [7, 11) is 0.0294. The summed E-state index contributed by atoms with van der Waals surface area (Å²) < 4.78 is 35.5. The highest BCUT2D eigenvalue weighted by Gasteiger charge is 2.47. The van der Waals surface area contributed by atoms with Gasteiger partial charge in [0.15, 0.2) is 0 Å². The number of hydrogen-bond acceptors (Lipinski definition) is 9. The SMILES string of the molecule is COC1CCC2CNN(C)C2C1NS(=O)(=O)C(CN)CNC1CC(N2CC[C@H](C)C2)CCN1. The van der Waals surface area contributed by atoms with Crippen LogP contribution in [-0.4, -0.2) is 107 Å². The molecule has 0 aromatic rings. The first-order chi connectivity index (χ1) is 15.8. The number of likely N-dealkylation sites (N-methyl/N-ethyl adjacent to an activating group) is 1. The van der Waals surface area contributed by atoms with Crippen LogP contribution >= 0.6 is 0 Å². The van der Waals surface area contributed by atoms with Crippen molar-refractivity contribution in [3.05, 3.63) is 0 Å². The molecule has 8 atom stereocenters. The monoisotopic (exact) mass is 487 g/mol. The van der Waals surface area contributed by atoms with Gasteiger partial charge in [-0.2, -0.15) is 0 Å². The van der Waals surface area contributed by atoms with Gasteiger partial charge in [0.2, 0.25) is 10.0 Å². The second-order valence-corrected chi connectivity index (χ2v) is 12.6. The molecule has 4 aliphatic rings. The van der Waals surface area contributed by atoms with E-state index in [9.17, 15) is 8.42 Å². The number of nitrogens with two attached hydrogens (primary N) is 1. The lowest BCUT2D eigenvalue weighted by atomic mass is 9.80. The van der Waals surface area contributed by atoms with Crippen molar-refractivity contribution in [3.63, 3.8) is 0 Å². The summed E-state index contributed by atoms with van der Waals surface area (Å²) in [6, 6.07) is 0.349. The molecule has 192 valence electrons. The van der Waals surface area contributed by atoms with Crippen LogP contribution in [0.2, 0.25) is 0 Å². The Morgan fingerprint density at radius 1 is 1.24 bits per heavy atom. The predicted octanol–water partition coefficient (Wildman–Crippen LogP) is -1.15. The Kier molecular flexibility index (Phi) is 8.67. The fourth-order valence-corrected chi connectivity index (χ4v) is 7.80. The topological polar surface area (TPSA) is 124 Å². The molecule has 0 amide bonds. The number of sulfonamides is 1. The number of hydrogen-bond donors (Lipinski definition) is 5. The maximum Gasteiger partial charge on any atom is 0.217 e. The molecular weight excluding hydrogens is 442 g/mol. The molecule has 0 radical (unpaired) electrons. The highest BCUT2D eigenvalue weighted by Crippen LogP contribution is 2.33. The molecule has 0 spiro atoms. The van der Waals surface area contributed by atoms with E-state index in [1.165, 1.54) is 19.5 Å². The van der Waals surface area contributed by atoms with Crippen molar-refractivity contribution in [2.75, 3.05) is 53.4 Å². The Morgan fingerprint density at radius 2 is 2.06 bits per heavy atom. The van der Waals surface area contributed by atoms with Gasteiger partial charge in [-0.3, -0.25) is 10.3 Å². The van der Waals surface area contributed by atoms with Crippen LogP contribution in [0.1, 0.15) is 39.0 Å². The fourth-order valence-electron chi connectivity index (χ4n) is 6.36. The van der Waals surface area contributed by atoms with Gasteiger partial charge in [-0.25, -0.2) is 18.1 Å². The summed E-state index contributed by atoms with van der Waals surface area (Å²) >= 11 is 0. The molecule has 4 rings (SSSR count). The van der Waals surface area contributed by atoms with Crippen molar-refractivity contribution in [2.24, 2.45) is 17.6 Å². The van der Waals surface area contributed by atoms with E-state index in [1.807, 2.05) is 12.1 Å². The van der Waals surface area contributed by atoms with Gasteiger partial charge in [-0.15, -0.1) is 0 Å². The molecule has 0 aromatic heterocycles. The van der Waals surface area contributed by atoms with E-state index in [1.54, 1.807) is 7.11 Å². The number of piperidine rings is 1. The average Bonchev–Trinajstić information content (AvgIpc) is 3.40. The Hall–Kier alpha value is -0.370. The Morgan fingerprint density at radius 3 is 2.76 bits per heavy atom. The van der Waals surface area contributed by atoms with Crippen LogP contribution in [0, 0.1) is 11.8 Å². The minimum atomic E-state index is -3.62. The van der Waals surface area contributed by atoms with E-state index in [2.05, 4.69) is 32.6 Å². The van der Waals surface area contributed by atoms with Crippen molar-refractivity contribution in [2.45, 2.75) is 74.7 Å². The van der Waals surface area contributed by atoms with E-state index in [0.717, 1.165) is 44.7 Å². The Bertz CT molecular complexity index is 742. The van der Waals surface area contributed by atoms with E-state index in [4.69, 9.17) is 10.5 Å². The third-order valence-electron chi connectivity index (χ3n) is 8.37. The lowest BCUT2D eigenvalue weighted by Gasteiger charge is -2.41. The molecule has 11 heteroatoms. The number of methoxy groups -OCH3 is 1. The largest absolute Gasteiger partial charge is 0.380 e. The Labute approximate surface area is 199 Å². The molecule has 0 bridgehead atoms. The van der Waals surface area contributed by atoms with Crippen molar-refractivity contribution in [1.29, 1.82) is 0 Å². The molecule has 3 heterocycles. The minimum Gasteiger partial charge on any atom is -0.380 e. The predicted molar refractivity (Wildman–Crippen MR) is 130 cm³/mol. The summed E-state index contributed by atoms with van der Waals surface area (Å²) in [5, 5.41) is 8.34. The highest BCUT2D eigenvalue weighted by atomic mass is 32.2. The van der Waals surface area contributed by atoms with Gasteiger partial charge in [0.25, 0.3) is 0 Å². The van der Waals surface area contributed by atoms with Gasteiger partial charge in [-0.05, 0) is 57.0 Å². The first kappa shape index (κ1) is 25.7. The summed E-state index contributed by atoms with van der Waals surface area (Å²) in [6.07, 6.45) is 5.27. The van der Waals surface area contributed by atoms with E-state index in [0.29, 0.717) is 18.5 Å². The summed E-state index contributed by atoms with van der Waals surface area (Å²) in [5.74, 6) is 1.19. The lowest BCUT2D eigenvalue weighted by molar-refractivity contribution is 0.00328. The van der Waals surface area contributed by atoms with Crippen LogP contribution in [0.3, 0.4) is 0 Å². The Balaban J connectivity index is 1.35. The fraction of sp³-hybridized carbons (Fsp3) is 1.00. The quantitative estimate of drug-likeness (QED) is 0.274. The number of rotatable bonds is 9. The highest BCUT2D eigenvalue weighted by molar-refractivity contribution is 7.90. The number of ether oxygens (including phenoxy) is 1. The summed E-state index contributed by atoms with van der Waals surface area (Å²) in [5.41, 5.74) is 9.34. The molecule has 6 N–H and O–H groups in total. The van der Waals surface area contributed by atoms with E-state index >= 15 is 0 Å². The number of fused-ring (bicyclic) bond motifs is 1. The van der Waals surface area contributed by atoms with Crippen LogP contribution in [0.15, 0.2) is 0 Å². The normalized spacial score (nSPS) is 39.6.